The van der Waals surface area contributed by atoms with Crippen LogP contribution in [0, 0.1) is 28.6 Å². The largest absolute Gasteiger partial charge is 0.382 e. The number of rotatable bonds is 14. The molecule has 2 aromatic rings. The molecule has 0 amide bonds. The standard InChI is InChI=1S/C45H66O9/c1-8-49-27-43(46)30(4)53-40(44(47,28-50-9-2)39(43)48-7)54-35-19-22-41(5)34(26-35)17-18-38-37(41)20-23-42(6)36(21-24-45(38,42)52-29-51-10-3)33-16-15-31-13-11-12-14-32(31)25-33/h11-16,21,25,30,34-35,37-40,46-47H,8-10,17-20,22-24,26-29H2,1-7H3/t30-,34+,35-,37-,38+,39+,40-,41-,42+,43-,44-,45+/m0/s1. The van der Waals surface area contributed by atoms with Gasteiger partial charge in [-0.2, -0.15) is 0 Å². The molecular weight excluding hydrogens is 684 g/mol. The second-order valence-electron chi connectivity index (χ2n) is 17.4. The van der Waals surface area contributed by atoms with Crippen molar-refractivity contribution in [2.24, 2.45) is 28.6 Å². The Morgan fingerprint density at radius 3 is 2.26 bits per heavy atom. The van der Waals surface area contributed by atoms with E-state index in [4.69, 9.17) is 33.2 Å². The molecule has 300 valence electrons. The molecule has 9 heteroatoms. The number of methoxy groups -OCH3 is 1. The van der Waals surface area contributed by atoms with Crippen molar-refractivity contribution < 1.29 is 43.4 Å². The molecule has 1 saturated heterocycles. The Hall–Kier alpha value is -1.92. The van der Waals surface area contributed by atoms with Crippen LogP contribution in [0.4, 0.5) is 0 Å². The number of ether oxygens (including phenoxy) is 7. The highest BCUT2D eigenvalue weighted by Gasteiger charge is 2.68. The maximum atomic E-state index is 12.3. The molecule has 4 fully saturated rings. The van der Waals surface area contributed by atoms with E-state index in [2.05, 4.69) is 62.4 Å². The third-order valence-electron chi connectivity index (χ3n) is 15.0. The third kappa shape index (κ3) is 6.51. The first kappa shape index (κ1) is 40.3. The van der Waals surface area contributed by atoms with Gasteiger partial charge in [0.25, 0.3) is 0 Å². The van der Waals surface area contributed by atoms with E-state index in [1.807, 2.05) is 20.8 Å². The first-order valence-corrected chi connectivity index (χ1v) is 20.8. The first-order chi connectivity index (χ1) is 25.9. The van der Waals surface area contributed by atoms with Gasteiger partial charge in [0, 0.05) is 32.3 Å². The summed E-state index contributed by atoms with van der Waals surface area (Å²) in [7, 11) is 1.50. The molecule has 0 unspecified atom stereocenters. The van der Waals surface area contributed by atoms with Gasteiger partial charge >= 0.3 is 0 Å². The monoisotopic (exact) mass is 750 g/mol. The van der Waals surface area contributed by atoms with Gasteiger partial charge in [0.15, 0.2) is 11.9 Å². The Morgan fingerprint density at radius 2 is 1.54 bits per heavy atom. The SMILES string of the molecule is CCOCO[C@@]12CC=C(c3ccc4ccccc4c3)[C@@]1(C)CC[C@H]1[C@H]2CC[C@@H]2C[C@@H](O[C@@H]3O[C@@H](C)[C@@](O)(COCC)[C@@H](OC)[C@@]3(O)COCC)CC[C@@]21C. The van der Waals surface area contributed by atoms with Crippen LogP contribution in [0.3, 0.4) is 0 Å². The van der Waals surface area contributed by atoms with Crippen molar-refractivity contribution in [3.63, 3.8) is 0 Å². The van der Waals surface area contributed by atoms with Crippen molar-refractivity contribution in [1.29, 1.82) is 0 Å². The Kier molecular flexibility index (Phi) is 11.8. The summed E-state index contributed by atoms with van der Waals surface area (Å²) < 4.78 is 43.6. The highest BCUT2D eigenvalue weighted by Crippen LogP contribution is 2.70. The van der Waals surface area contributed by atoms with E-state index in [0.717, 1.165) is 51.4 Å². The summed E-state index contributed by atoms with van der Waals surface area (Å²) in [6, 6.07) is 15.6. The van der Waals surface area contributed by atoms with Crippen molar-refractivity contribution in [3.8, 4) is 0 Å². The van der Waals surface area contributed by atoms with E-state index in [-0.39, 0.29) is 35.7 Å². The van der Waals surface area contributed by atoms with Crippen molar-refractivity contribution in [2.75, 3.05) is 46.9 Å². The van der Waals surface area contributed by atoms with Gasteiger partial charge in [0.1, 0.15) is 18.5 Å². The van der Waals surface area contributed by atoms with Crippen LogP contribution in [0.1, 0.15) is 98.5 Å². The van der Waals surface area contributed by atoms with Crippen LogP contribution in [-0.2, 0) is 33.2 Å². The maximum absolute atomic E-state index is 12.3. The molecule has 3 saturated carbocycles. The van der Waals surface area contributed by atoms with Crippen molar-refractivity contribution in [3.05, 3.63) is 54.1 Å². The van der Waals surface area contributed by atoms with Crippen LogP contribution in [-0.4, -0.2) is 98.6 Å². The number of benzene rings is 2. The van der Waals surface area contributed by atoms with E-state index in [9.17, 15) is 10.2 Å². The van der Waals surface area contributed by atoms with Crippen LogP contribution in [0.15, 0.2) is 48.5 Å². The highest BCUT2D eigenvalue weighted by molar-refractivity contribution is 5.87. The summed E-state index contributed by atoms with van der Waals surface area (Å²) in [5.41, 5.74) is -0.910. The molecule has 1 heterocycles. The second kappa shape index (κ2) is 15.8. The van der Waals surface area contributed by atoms with Gasteiger partial charge in [0.05, 0.1) is 31.0 Å². The quantitative estimate of drug-likeness (QED) is 0.114. The minimum absolute atomic E-state index is 0.0369. The molecule has 0 radical (unpaired) electrons. The Bertz CT molecular complexity index is 1630. The minimum Gasteiger partial charge on any atom is -0.382 e. The molecular formula is C45H66O9. The third-order valence-corrected chi connectivity index (χ3v) is 15.0. The molecule has 2 N–H and O–H groups in total. The number of aliphatic hydroxyl groups is 2. The Morgan fingerprint density at radius 1 is 0.815 bits per heavy atom. The fraction of sp³-hybridized carbons (Fsp3) is 0.733. The van der Waals surface area contributed by atoms with Gasteiger partial charge in [-0.3, -0.25) is 0 Å². The lowest BCUT2D eigenvalue weighted by molar-refractivity contribution is -0.386. The zero-order valence-corrected chi connectivity index (χ0v) is 33.8. The highest BCUT2D eigenvalue weighted by atomic mass is 16.7. The van der Waals surface area contributed by atoms with E-state index < -0.39 is 29.7 Å². The van der Waals surface area contributed by atoms with Gasteiger partial charge in [-0.05, 0) is 130 Å². The zero-order valence-electron chi connectivity index (χ0n) is 33.8. The van der Waals surface area contributed by atoms with E-state index >= 15 is 0 Å². The normalized spacial score (nSPS) is 41.9. The smallest absolute Gasteiger partial charge is 0.192 e. The molecule has 0 bridgehead atoms. The maximum Gasteiger partial charge on any atom is 0.192 e. The van der Waals surface area contributed by atoms with Crippen molar-refractivity contribution >= 4 is 16.3 Å². The first-order valence-electron chi connectivity index (χ1n) is 20.8. The summed E-state index contributed by atoms with van der Waals surface area (Å²) in [6.45, 7) is 14.2. The second-order valence-corrected chi connectivity index (χ2v) is 17.4. The number of hydrogen-bond donors (Lipinski definition) is 2. The van der Waals surface area contributed by atoms with E-state index in [1.165, 1.54) is 29.0 Å². The van der Waals surface area contributed by atoms with E-state index in [0.29, 0.717) is 44.4 Å². The zero-order chi connectivity index (χ0) is 38.4. The van der Waals surface area contributed by atoms with Crippen LogP contribution in [0.25, 0.3) is 16.3 Å². The Balaban J connectivity index is 1.11. The lowest BCUT2D eigenvalue weighted by Crippen LogP contribution is -2.75. The number of hydrogen-bond acceptors (Lipinski definition) is 9. The van der Waals surface area contributed by atoms with E-state index in [1.54, 1.807) is 6.92 Å². The Labute approximate surface area is 323 Å². The summed E-state index contributed by atoms with van der Waals surface area (Å²) in [4.78, 5) is 0. The molecule has 9 nitrogen and oxygen atoms in total. The average molecular weight is 751 g/mol. The molecule has 12 atom stereocenters. The molecule has 0 spiro atoms. The van der Waals surface area contributed by atoms with Gasteiger partial charge in [0.2, 0.25) is 0 Å². The van der Waals surface area contributed by atoms with Crippen molar-refractivity contribution in [2.45, 2.75) is 134 Å². The molecule has 7 rings (SSSR count). The molecule has 54 heavy (non-hydrogen) atoms. The summed E-state index contributed by atoms with van der Waals surface area (Å²) in [5, 5.41) is 26.6. The molecule has 4 aliphatic carbocycles. The lowest BCUT2D eigenvalue weighted by atomic mass is 9.43. The van der Waals surface area contributed by atoms with Crippen LogP contribution in [0.2, 0.25) is 0 Å². The summed E-state index contributed by atoms with van der Waals surface area (Å²) >= 11 is 0. The van der Waals surface area contributed by atoms with Gasteiger partial charge in [-0.25, -0.2) is 0 Å². The molecule has 5 aliphatic rings. The fourth-order valence-corrected chi connectivity index (χ4v) is 12.0. The van der Waals surface area contributed by atoms with Gasteiger partial charge in [-0.15, -0.1) is 0 Å². The number of fused-ring (bicyclic) bond motifs is 6. The topological polar surface area (TPSA) is 105 Å². The van der Waals surface area contributed by atoms with Crippen LogP contribution < -0.4 is 0 Å². The van der Waals surface area contributed by atoms with Gasteiger partial charge in [-0.1, -0.05) is 56.3 Å². The van der Waals surface area contributed by atoms with Crippen molar-refractivity contribution in [1.82, 2.24) is 0 Å². The minimum atomic E-state index is -1.74. The predicted molar refractivity (Wildman–Crippen MR) is 209 cm³/mol. The van der Waals surface area contributed by atoms with Crippen LogP contribution in [0.5, 0.6) is 0 Å². The molecule has 2 aromatic carbocycles. The predicted octanol–water partition coefficient (Wildman–Crippen LogP) is 7.69. The lowest BCUT2D eigenvalue weighted by Gasteiger charge is -2.64. The summed E-state index contributed by atoms with van der Waals surface area (Å²) in [6.07, 6.45) is 7.74. The fourth-order valence-electron chi connectivity index (χ4n) is 12.0. The molecule has 0 aromatic heterocycles. The molecule has 1 aliphatic heterocycles. The van der Waals surface area contributed by atoms with Gasteiger partial charge < -0.3 is 43.4 Å². The van der Waals surface area contributed by atoms with Crippen LogP contribution >= 0.6 is 0 Å². The average Bonchev–Trinajstić information content (AvgIpc) is 3.48. The summed E-state index contributed by atoms with van der Waals surface area (Å²) in [5.74, 6) is 1.40.